The summed E-state index contributed by atoms with van der Waals surface area (Å²) in [6.45, 7) is 2.02. The van der Waals surface area contributed by atoms with Crippen LogP contribution in [0.1, 0.15) is 46.4 Å². The van der Waals surface area contributed by atoms with Gasteiger partial charge in [0.25, 0.3) is 5.91 Å². The second-order valence-electron chi connectivity index (χ2n) is 6.71. The summed E-state index contributed by atoms with van der Waals surface area (Å²) in [5.41, 5.74) is 8.86. The first-order valence-corrected chi connectivity index (χ1v) is 8.36. The number of amides is 1. The molecule has 1 aliphatic carbocycles. The van der Waals surface area contributed by atoms with Crippen LogP contribution in [0.25, 0.3) is 0 Å². The standard InChI is InChI=1S/C18H22N4O/c19-9-14-10-22(11-15(14)12-4-2-1-3-5-12)18(23)17-8-16(20-21-17)13-6-7-13/h1-5,8,13-15H,6-7,9-11,19H2,(H,20,21)/t14-,15+/m1/s1. The van der Waals surface area contributed by atoms with Crippen LogP contribution in [-0.2, 0) is 0 Å². The molecule has 2 aromatic rings. The van der Waals surface area contributed by atoms with Gasteiger partial charge in [-0.1, -0.05) is 30.3 Å². The van der Waals surface area contributed by atoms with E-state index >= 15 is 0 Å². The SMILES string of the molecule is NC[C@@H]1CN(C(=O)c2cc(C3CC3)[nH]n2)C[C@H]1c1ccccc1. The quantitative estimate of drug-likeness (QED) is 0.908. The number of rotatable bonds is 4. The van der Waals surface area contributed by atoms with Gasteiger partial charge in [-0.15, -0.1) is 0 Å². The molecule has 0 bridgehead atoms. The molecule has 1 saturated carbocycles. The van der Waals surface area contributed by atoms with Gasteiger partial charge >= 0.3 is 0 Å². The minimum atomic E-state index is 0.0185. The number of nitrogens with two attached hydrogens (primary N) is 1. The number of aromatic amines is 1. The van der Waals surface area contributed by atoms with Crippen molar-refractivity contribution in [2.45, 2.75) is 24.7 Å². The predicted octanol–water partition coefficient (Wildman–Crippen LogP) is 2.10. The highest BCUT2D eigenvalue weighted by molar-refractivity contribution is 5.92. The van der Waals surface area contributed by atoms with Crippen LogP contribution in [0.15, 0.2) is 36.4 Å². The molecule has 2 aliphatic rings. The Morgan fingerprint density at radius 3 is 2.74 bits per heavy atom. The number of nitrogens with one attached hydrogen (secondary N) is 1. The third-order valence-corrected chi connectivity index (χ3v) is 5.09. The normalized spacial score (nSPS) is 24.1. The molecule has 2 atom stereocenters. The van der Waals surface area contributed by atoms with E-state index in [9.17, 15) is 4.79 Å². The maximum Gasteiger partial charge on any atom is 0.274 e. The van der Waals surface area contributed by atoms with Crippen LogP contribution in [0.5, 0.6) is 0 Å². The lowest BCUT2D eigenvalue weighted by atomic mass is 9.89. The maximum absolute atomic E-state index is 12.7. The van der Waals surface area contributed by atoms with E-state index in [1.807, 2.05) is 29.2 Å². The van der Waals surface area contributed by atoms with E-state index in [1.54, 1.807) is 0 Å². The summed E-state index contributed by atoms with van der Waals surface area (Å²) < 4.78 is 0. The fourth-order valence-corrected chi connectivity index (χ4v) is 3.57. The van der Waals surface area contributed by atoms with Crippen molar-refractivity contribution < 1.29 is 4.79 Å². The summed E-state index contributed by atoms with van der Waals surface area (Å²) in [7, 11) is 0. The Morgan fingerprint density at radius 1 is 1.26 bits per heavy atom. The number of benzene rings is 1. The second kappa shape index (κ2) is 5.81. The van der Waals surface area contributed by atoms with Crippen LogP contribution >= 0.6 is 0 Å². The molecule has 3 N–H and O–H groups in total. The second-order valence-corrected chi connectivity index (χ2v) is 6.71. The van der Waals surface area contributed by atoms with Crippen LogP contribution in [0.3, 0.4) is 0 Å². The van der Waals surface area contributed by atoms with Gasteiger partial charge in [0, 0.05) is 30.6 Å². The molecule has 1 amide bonds. The highest BCUT2D eigenvalue weighted by Gasteiger charge is 2.36. The minimum Gasteiger partial charge on any atom is -0.336 e. The molecule has 120 valence electrons. The van der Waals surface area contributed by atoms with Gasteiger partial charge in [0.05, 0.1) is 0 Å². The first kappa shape index (κ1) is 14.5. The Bertz CT molecular complexity index is 692. The van der Waals surface area contributed by atoms with Crippen LogP contribution in [0, 0.1) is 5.92 Å². The molecule has 2 fully saturated rings. The van der Waals surface area contributed by atoms with Crippen molar-refractivity contribution >= 4 is 5.91 Å². The van der Waals surface area contributed by atoms with Gasteiger partial charge in [-0.3, -0.25) is 9.89 Å². The summed E-state index contributed by atoms with van der Waals surface area (Å²) in [5.74, 6) is 1.22. The zero-order valence-corrected chi connectivity index (χ0v) is 13.1. The van der Waals surface area contributed by atoms with Crippen LogP contribution < -0.4 is 5.73 Å². The van der Waals surface area contributed by atoms with Gasteiger partial charge in [-0.2, -0.15) is 5.10 Å². The minimum absolute atomic E-state index is 0.0185. The maximum atomic E-state index is 12.7. The fraction of sp³-hybridized carbons (Fsp3) is 0.444. The van der Waals surface area contributed by atoms with Gasteiger partial charge in [-0.05, 0) is 36.9 Å². The van der Waals surface area contributed by atoms with Crippen LogP contribution in [0.2, 0.25) is 0 Å². The van der Waals surface area contributed by atoms with E-state index in [4.69, 9.17) is 5.73 Å². The molecule has 0 spiro atoms. The van der Waals surface area contributed by atoms with E-state index in [1.165, 1.54) is 18.4 Å². The van der Waals surface area contributed by atoms with E-state index in [0.29, 0.717) is 36.5 Å². The van der Waals surface area contributed by atoms with Crippen LogP contribution in [0.4, 0.5) is 0 Å². The average molecular weight is 310 g/mol. The van der Waals surface area contributed by atoms with Crippen molar-refractivity contribution in [2.24, 2.45) is 11.7 Å². The summed E-state index contributed by atoms with van der Waals surface area (Å²) >= 11 is 0. The van der Waals surface area contributed by atoms with E-state index < -0.39 is 0 Å². The molecule has 5 heteroatoms. The molecular weight excluding hydrogens is 288 g/mol. The first-order valence-electron chi connectivity index (χ1n) is 8.36. The van der Waals surface area contributed by atoms with Crippen LogP contribution in [-0.4, -0.2) is 40.6 Å². The molecule has 4 rings (SSSR count). The molecule has 1 aromatic heterocycles. The van der Waals surface area contributed by atoms with Crippen molar-refractivity contribution in [2.75, 3.05) is 19.6 Å². The van der Waals surface area contributed by atoms with Crippen molar-refractivity contribution in [3.05, 3.63) is 53.3 Å². The van der Waals surface area contributed by atoms with Gasteiger partial charge in [0.1, 0.15) is 5.69 Å². The van der Waals surface area contributed by atoms with Gasteiger partial charge in [0.2, 0.25) is 0 Å². The Labute approximate surface area is 135 Å². The molecule has 1 saturated heterocycles. The number of aromatic nitrogens is 2. The van der Waals surface area contributed by atoms with Gasteiger partial charge in [0.15, 0.2) is 0 Å². The number of nitrogens with zero attached hydrogens (tertiary/aromatic N) is 2. The molecule has 1 aliphatic heterocycles. The Kier molecular flexibility index (Phi) is 3.65. The van der Waals surface area contributed by atoms with Gasteiger partial charge < -0.3 is 10.6 Å². The molecule has 5 nitrogen and oxygen atoms in total. The third kappa shape index (κ3) is 2.77. The number of carbonyl (C=O) groups excluding carboxylic acids is 1. The average Bonchev–Trinajstić information content (AvgIpc) is 3.17. The largest absolute Gasteiger partial charge is 0.336 e. The lowest BCUT2D eigenvalue weighted by Crippen LogP contribution is -2.30. The Hall–Kier alpha value is -2.14. The number of carbonyl (C=O) groups is 1. The van der Waals surface area contributed by atoms with E-state index in [2.05, 4.69) is 22.3 Å². The highest BCUT2D eigenvalue weighted by Crippen LogP contribution is 2.39. The molecule has 0 radical (unpaired) electrons. The molecule has 0 unspecified atom stereocenters. The Balaban J connectivity index is 1.51. The zero-order chi connectivity index (χ0) is 15.8. The summed E-state index contributed by atoms with van der Waals surface area (Å²) in [4.78, 5) is 14.6. The third-order valence-electron chi connectivity index (χ3n) is 5.09. The molecule has 23 heavy (non-hydrogen) atoms. The number of hydrogen-bond donors (Lipinski definition) is 2. The van der Waals surface area contributed by atoms with Crippen molar-refractivity contribution in [3.8, 4) is 0 Å². The lowest BCUT2D eigenvalue weighted by Gasteiger charge is -2.16. The fourth-order valence-electron chi connectivity index (χ4n) is 3.57. The summed E-state index contributed by atoms with van der Waals surface area (Å²) in [5, 5.41) is 7.24. The monoisotopic (exact) mass is 310 g/mol. The van der Waals surface area contributed by atoms with Crippen molar-refractivity contribution in [1.29, 1.82) is 0 Å². The summed E-state index contributed by atoms with van der Waals surface area (Å²) in [6.07, 6.45) is 2.40. The lowest BCUT2D eigenvalue weighted by molar-refractivity contribution is 0.0780. The number of hydrogen-bond acceptors (Lipinski definition) is 3. The van der Waals surface area contributed by atoms with Crippen molar-refractivity contribution in [1.82, 2.24) is 15.1 Å². The topological polar surface area (TPSA) is 75.0 Å². The zero-order valence-electron chi connectivity index (χ0n) is 13.1. The Morgan fingerprint density at radius 2 is 2.04 bits per heavy atom. The summed E-state index contributed by atoms with van der Waals surface area (Å²) in [6, 6.07) is 12.3. The number of likely N-dealkylation sites (tertiary alicyclic amines) is 1. The molecule has 2 heterocycles. The first-order chi connectivity index (χ1) is 11.3. The van der Waals surface area contributed by atoms with Crippen molar-refractivity contribution in [3.63, 3.8) is 0 Å². The van der Waals surface area contributed by atoms with E-state index in [0.717, 1.165) is 12.2 Å². The highest BCUT2D eigenvalue weighted by atomic mass is 16.2. The smallest absolute Gasteiger partial charge is 0.274 e. The number of H-pyrrole nitrogens is 1. The molecular formula is C18H22N4O. The predicted molar refractivity (Wildman–Crippen MR) is 88.2 cm³/mol. The van der Waals surface area contributed by atoms with E-state index in [-0.39, 0.29) is 5.91 Å². The van der Waals surface area contributed by atoms with Gasteiger partial charge in [-0.25, -0.2) is 0 Å². The molecule has 1 aromatic carbocycles.